The first-order chi connectivity index (χ1) is 9.26. The van der Waals surface area contributed by atoms with E-state index in [0.29, 0.717) is 19.1 Å². The SMILES string of the molecule is COCCNC(=O)CN=C(NN)Nc1ccccc1. The number of ether oxygens (including phenoxy) is 1. The Balaban J connectivity index is 2.41. The van der Waals surface area contributed by atoms with E-state index in [1.165, 1.54) is 0 Å². The van der Waals surface area contributed by atoms with Crippen molar-refractivity contribution in [2.75, 3.05) is 32.1 Å². The summed E-state index contributed by atoms with van der Waals surface area (Å²) >= 11 is 0. The highest BCUT2D eigenvalue weighted by Crippen LogP contribution is 2.03. The Labute approximate surface area is 112 Å². The van der Waals surface area contributed by atoms with Crippen LogP contribution in [-0.4, -0.2) is 38.7 Å². The number of rotatable bonds is 6. The number of guanidine groups is 1. The van der Waals surface area contributed by atoms with Crippen LogP contribution in [0.1, 0.15) is 0 Å². The van der Waals surface area contributed by atoms with Gasteiger partial charge in [-0.3, -0.25) is 10.2 Å². The monoisotopic (exact) mass is 265 g/mol. The molecule has 0 radical (unpaired) electrons. The van der Waals surface area contributed by atoms with Gasteiger partial charge >= 0.3 is 0 Å². The predicted octanol–water partition coefficient (Wildman–Crippen LogP) is -0.320. The molecule has 0 aliphatic carbocycles. The van der Waals surface area contributed by atoms with E-state index in [2.05, 4.69) is 21.1 Å². The third-order valence-corrected chi connectivity index (χ3v) is 2.18. The van der Waals surface area contributed by atoms with Gasteiger partial charge in [-0.1, -0.05) is 18.2 Å². The molecule has 0 atom stereocenters. The van der Waals surface area contributed by atoms with Crippen molar-refractivity contribution >= 4 is 17.6 Å². The Morgan fingerprint density at radius 2 is 2.11 bits per heavy atom. The zero-order valence-corrected chi connectivity index (χ0v) is 10.8. The molecule has 19 heavy (non-hydrogen) atoms. The topological polar surface area (TPSA) is 101 Å². The largest absolute Gasteiger partial charge is 0.383 e. The number of nitrogens with one attached hydrogen (secondary N) is 3. The van der Waals surface area contributed by atoms with Gasteiger partial charge in [-0.25, -0.2) is 10.8 Å². The summed E-state index contributed by atoms with van der Waals surface area (Å²) < 4.78 is 4.82. The van der Waals surface area contributed by atoms with E-state index < -0.39 is 0 Å². The lowest BCUT2D eigenvalue weighted by Crippen LogP contribution is -2.37. The van der Waals surface area contributed by atoms with Gasteiger partial charge in [-0.2, -0.15) is 0 Å². The number of para-hydroxylation sites is 1. The molecular formula is C12H19N5O2. The van der Waals surface area contributed by atoms with Gasteiger partial charge in [0.25, 0.3) is 0 Å². The number of carbonyl (C=O) groups is 1. The van der Waals surface area contributed by atoms with Gasteiger partial charge in [-0.05, 0) is 12.1 Å². The number of carbonyl (C=O) groups excluding carboxylic acids is 1. The summed E-state index contributed by atoms with van der Waals surface area (Å²) in [5, 5.41) is 5.62. The average molecular weight is 265 g/mol. The number of methoxy groups -OCH3 is 1. The van der Waals surface area contributed by atoms with Crippen LogP contribution in [0.3, 0.4) is 0 Å². The maximum Gasteiger partial charge on any atom is 0.241 e. The Bertz CT molecular complexity index is 408. The van der Waals surface area contributed by atoms with Gasteiger partial charge < -0.3 is 15.4 Å². The minimum atomic E-state index is -0.195. The van der Waals surface area contributed by atoms with Gasteiger partial charge in [-0.15, -0.1) is 0 Å². The molecule has 1 amide bonds. The van der Waals surface area contributed by atoms with Gasteiger partial charge in [0.05, 0.1) is 6.61 Å². The minimum absolute atomic E-state index is 0.0108. The molecule has 0 spiro atoms. The fourth-order valence-corrected chi connectivity index (χ4v) is 1.28. The number of benzene rings is 1. The van der Waals surface area contributed by atoms with E-state index in [1.54, 1.807) is 7.11 Å². The van der Waals surface area contributed by atoms with Crippen LogP contribution in [0, 0.1) is 0 Å². The first-order valence-electron chi connectivity index (χ1n) is 5.85. The molecule has 7 nitrogen and oxygen atoms in total. The molecule has 0 unspecified atom stereocenters. The van der Waals surface area contributed by atoms with E-state index in [4.69, 9.17) is 10.6 Å². The maximum absolute atomic E-state index is 11.4. The molecule has 1 aromatic rings. The van der Waals surface area contributed by atoms with E-state index in [-0.39, 0.29) is 12.5 Å². The first kappa shape index (κ1) is 14.9. The van der Waals surface area contributed by atoms with Crippen LogP contribution < -0.4 is 21.9 Å². The summed E-state index contributed by atoms with van der Waals surface area (Å²) in [5.41, 5.74) is 3.24. The highest BCUT2D eigenvalue weighted by molar-refractivity contribution is 5.94. The van der Waals surface area contributed by atoms with Crippen molar-refractivity contribution in [3.05, 3.63) is 30.3 Å². The standard InChI is InChI=1S/C12H19N5O2/c1-19-8-7-14-11(18)9-15-12(17-13)16-10-5-3-2-4-6-10/h2-6H,7-9,13H2,1H3,(H,14,18)(H2,15,16,17). The smallest absolute Gasteiger partial charge is 0.241 e. The molecule has 0 heterocycles. The number of hydrogen-bond donors (Lipinski definition) is 4. The molecule has 5 N–H and O–H groups in total. The Hall–Kier alpha value is -2.12. The van der Waals surface area contributed by atoms with Crippen LogP contribution in [0.4, 0.5) is 5.69 Å². The highest BCUT2D eigenvalue weighted by Gasteiger charge is 2.01. The lowest BCUT2D eigenvalue weighted by Gasteiger charge is -2.09. The van der Waals surface area contributed by atoms with Crippen molar-refractivity contribution in [2.45, 2.75) is 0 Å². The Morgan fingerprint density at radius 3 is 2.74 bits per heavy atom. The van der Waals surface area contributed by atoms with Crippen molar-refractivity contribution in [2.24, 2.45) is 10.8 Å². The van der Waals surface area contributed by atoms with Crippen LogP contribution >= 0.6 is 0 Å². The Kier molecular flexibility index (Phi) is 7.00. The van der Waals surface area contributed by atoms with Crippen LogP contribution in [-0.2, 0) is 9.53 Å². The van der Waals surface area contributed by atoms with Gasteiger partial charge in [0.1, 0.15) is 6.54 Å². The second-order valence-corrected chi connectivity index (χ2v) is 3.64. The van der Waals surface area contributed by atoms with Crippen molar-refractivity contribution < 1.29 is 9.53 Å². The van der Waals surface area contributed by atoms with E-state index in [9.17, 15) is 4.79 Å². The lowest BCUT2D eigenvalue weighted by atomic mass is 10.3. The molecule has 0 saturated heterocycles. The average Bonchev–Trinajstić information content (AvgIpc) is 2.45. The zero-order valence-electron chi connectivity index (χ0n) is 10.8. The fourth-order valence-electron chi connectivity index (χ4n) is 1.28. The molecule has 104 valence electrons. The minimum Gasteiger partial charge on any atom is -0.383 e. The molecular weight excluding hydrogens is 246 g/mol. The second kappa shape index (κ2) is 8.90. The highest BCUT2D eigenvalue weighted by atomic mass is 16.5. The second-order valence-electron chi connectivity index (χ2n) is 3.64. The number of hydrogen-bond acceptors (Lipinski definition) is 4. The molecule has 1 rings (SSSR count). The summed E-state index contributed by atoms with van der Waals surface area (Å²) in [4.78, 5) is 15.5. The number of anilines is 1. The molecule has 0 bridgehead atoms. The number of hydrazine groups is 1. The predicted molar refractivity (Wildman–Crippen MR) is 74.6 cm³/mol. The van der Waals surface area contributed by atoms with E-state index >= 15 is 0 Å². The fraction of sp³-hybridized carbons (Fsp3) is 0.333. The summed E-state index contributed by atoms with van der Waals surface area (Å²) in [5.74, 6) is 5.47. The number of amides is 1. The number of aliphatic imine (C=N–C) groups is 1. The summed E-state index contributed by atoms with van der Waals surface area (Å²) in [6.07, 6.45) is 0. The maximum atomic E-state index is 11.4. The van der Waals surface area contributed by atoms with E-state index in [0.717, 1.165) is 5.69 Å². The normalized spacial score (nSPS) is 10.9. The summed E-state index contributed by atoms with van der Waals surface area (Å²) in [7, 11) is 1.57. The third-order valence-electron chi connectivity index (χ3n) is 2.18. The zero-order chi connectivity index (χ0) is 13.9. The molecule has 1 aromatic carbocycles. The number of nitrogens with two attached hydrogens (primary N) is 1. The summed E-state index contributed by atoms with van der Waals surface area (Å²) in [6.45, 7) is 0.922. The molecule has 0 aliphatic rings. The molecule has 0 fully saturated rings. The van der Waals surface area contributed by atoms with Gasteiger partial charge in [0.2, 0.25) is 11.9 Å². The number of nitrogens with zero attached hydrogens (tertiary/aromatic N) is 1. The van der Waals surface area contributed by atoms with Gasteiger partial charge in [0, 0.05) is 19.3 Å². The third kappa shape index (κ3) is 6.39. The van der Waals surface area contributed by atoms with Crippen molar-refractivity contribution in [1.29, 1.82) is 0 Å². The van der Waals surface area contributed by atoms with Crippen LogP contribution in [0.2, 0.25) is 0 Å². The first-order valence-corrected chi connectivity index (χ1v) is 5.85. The van der Waals surface area contributed by atoms with Crippen molar-refractivity contribution in [1.82, 2.24) is 10.7 Å². The van der Waals surface area contributed by atoms with Crippen molar-refractivity contribution in [3.8, 4) is 0 Å². The molecule has 0 aromatic heterocycles. The molecule has 0 aliphatic heterocycles. The Morgan fingerprint density at radius 1 is 1.37 bits per heavy atom. The van der Waals surface area contributed by atoms with Crippen molar-refractivity contribution in [3.63, 3.8) is 0 Å². The quantitative estimate of drug-likeness (QED) is 0.186. The van der Waals surface area contributed by atoms with E-state index in [1.807, 2.05) is 30.3 Å². The molecule has 0 saturated carbocycles. The van der Waals surface area contributed by atoms with Crippen LogP contribution in [0.5, 0.6) is 0 Å². The van der Waals surface area contributed by atoms with Crippen LogP contribution in [0.25, 0.3) is 0 Å². The van der Waals surface area contributed by atoms with Gasteiger partial charge in [0.15, 0.2) is 0 Å². The summed E-state index contributed by atoms with van der Waals surface area (Å²) in [6, 6.07) is 9.40. The lowest BCUT2D eigenvalue weighted by molar-refractivity contribution is -0.119. The van der Waals surface area contributed by atoms with Crippen LogP contribution in [0.15, 0.2) is 35.3 Å². The molecule has 7 heteroatoms.